The average molecular weight is 184 g/mol. The molecular weight excluding hydrogens is 158 g/mol. The monoisotopic (exact) mass is 184 g/mol. The molecule has 13 heavy (non-hydrogen) atoms. The largest absolute Gasteiger partial charge is 0.662 e. The minimum Gasteiger partial charge on any atom is -0.662 e. The normalized spacial score (nSPS) is 11.1. The zero-order valence-corrected chi connectivity index (χ0v) is 9.68. The maximum atomic E-state index is 4.43. The van der Waals surface area contributed by atoms with E-state index >= 15 is 0 Å². The highest BCUT2D eigenvalue weighted by Gasteiger charge is 1.96. The van der Waals surface area contributed by atoms with E-state index in [2.05, 4.69) is 19.2 Å². The van der Waals surface area contributed by atoms with E-state index in [0.717, 1.165) is 0 Å². The number of rotatable bonds is 9. The zero-order chi connectivity index (χ0) is 9.94. The van der Waals surface area contributed by atoms with E-state index < -0.39 is 0 Å². The van der Waals surface area contributed by atoms with Crippen molar-refractivity contribution in [2.24, 2.45) is 0 Å². The lowest BCUT2D eigenvalue weighted by atomic mass is 10.0. The summed E-state index contributed by atoms with van der Waals surface area (Å²) >= 11 is 0. The van der Waals surface area contributed by atoms with Crippen LogP contribution in [0.3, 0.4) is 0 Å². The maximum absolute atomic E-state index is 4.43. The van der Waals surface area contributed by atoms with Crippen molar-refractivity contribution >= 4 is 0 Å². The molecule has 0 aliphatic heterocycles. The van der Waals surface area contributed by atoms with Crippen LogP contribution < -0.4 is 0 Å². The van der Waals surface area contributed by atoms with E-state index in [1.807, 2.05) is 7.05 Å². The van der Waals surface area contributed by atoms with Crippen LogP contribution in [-0.2, 0) is 0 Å². The first-order valence-corrected chi connectivity index (χ1v) is 5.94. The van der Waals surface area contributed by atoms with E-state index in [0.29, 0.717) is 6.04 Å². The van der Waals surface area contributed by atoms with E-state index in [1.165, 1.54) is 51.4 Å². The van der Waals surface area contributed by atoms with Gasteiger partial charge in [0, 0.05) is 0 Å². The van der Waals surface area contributed by atoms with Crippen LogP contribution in [0.4, 0.5) is 0 Å². The molecule has 0 aromatic carbocycles. The second-order valence-electron chi connectivity index (χ2n) is 3.90. The maximum Gasteiger partial charge on any atom is -0.0536 e. The molecule has 0 spiro atoms. The second kappa shape index (κ2) is 10.0. The Morgan fingerprint density at radius 1 is 0.846 bits per heavy atom. The summed E-state index contributed by atoms with van der Waals surface area (Å²) in [7, 11) is 1.97. The van der Waals surface area contributed by atoms with Crippen LogP contribution in [0, 0.1) is 0 Å². The molecule has 1 nitrogen and oxygen atoms in total. The molecular formula is C12H26N-. The summed E-state index contributed by atoms with van der Waals surface area (Å²) in [4.78, 5) is 0. The Hall–Kier alpha value is -0.0400. The molecule has 0 aliphatic carbocycles. The Morgan fingerprint density at radius 2 is 1.31 bits per heavy atom. The molecule has 0 aliphatic rings. The van der Waals surface area contributed by atoms with Crippen molar-refractivity contribution in [3.63, 3.8) is 0 Å². The Labute approximate surface area is 84.3 Å². The fourth-order valence-corrected chi connectivity index (χ4v) is 1.66. The summed E-state index contributed by atoms with van der Waals surface area (Å²) < 4.78 is 0. The first-order valence-electron chi connectivity index (χ1n) is 5.94. The van der Waals surface area contributed by atoms with Gasteiger partial charge in [0.2, 0.25) is 0 Å². The first kappa shape index (κ1) is 13.0. The standard InChI is InChI=1S/C12H26N/c1-4-6-8-10-12(13-3)11-9-7-5-2/h12H,4-11H2,1-3H3/q-1. The van der Waals surface area contributed by atoms with Gasteiger partial charge in [-0.2, -0.15) is 7.05 Å². The smallest absolute Gasteiger partial charge is 0.0536 e. The van der Waals surface area contributed by atoms with Crippen molar-refractivity contribution < 1.29 is 0 Å². The molecule has 0 atom stereocenters. The van der Waals surface area contributed by atoms with Crippen molar-refractivity contribution in [1.82, 2.24) is 0 Å². The Morgan fingerprint density at radius 3 is 1.62 bits per heavy atom. The third-order valence-electron chi connectivity index (χ3n) is 2.65. The van der Waals surface area contributed by atoms with Gasteiger partial charge in [-0.3, -0.25) is 0 Å². The minimum atomic E-state index is 0.651. The molecule has 80 valence electrons. The first-order chi connectivity index (χ1) is 6.35. The van der Waals surface area contributed by atoms with Crippen LogP contribution in [0.15, 0.2) is 0 Å². The fraction of sp³-hybridized carbons (Fsp3) is 1.00. The van der Waals surface area contributed by atoms with Crippen LogP contribution in [-0.4, -0.2) is 13.1 Å². The summed E-state index contributed by atoms with van der Waals surface area (Å²) in [6.07, 6.45) is 10.8. The predicted octanol–water partition coefficient (Wildman–Crippen LogP) is 4.52. The van der Waals surface area contributed by atoms with Gasteiger partial charge in [0.25, 0.3) is 0 Å². The molecule has 0 saturated carbocycles. The number of hydrogen-bond acceptors (Lipinski definition) is 0. The summed E-state index contributed by atoms with van der Waals surface area (Å²) in [5.74, 6) is 0. The van der Waals surface area contributed by atoms with Gasteiger partial charge < -0.3 is 5.32 Å². The van der Waals surface area contributed by atoms with Gasteiger partial charge in [-0.25, -0.2) is 0 Å². The van der Waals surface area contributed by atoms with Crippen LogP contribution >= 0.6 is 0 Å². The minimum absolute atomic E-state index is 0.651. The van der Waals surface area contributed by atoms with Crippen molar-refractivity contribution in [2.45, 2.75) is 71.3 Å². The van der Waals surface area contributed by atoms with Crippen molar-refractivity contribution in [2.75, 3.05) is 7.05 Å². The van der Waals surface area contributed by atoms with Gasteiger partial charge in [0.1, 0.15) is 0 Å². The number of unbranched alkanes of at least 4 members (excludes halogenated alkanes) is 4. The summed E-state index contributed by atoms with van der Waals surface area (Å²) in [6.45, 7) is 4.52. The summed E-state index contributed by atoms with van der Waals surface area (Å²) in [5, 5.41) is 4.43. The molecule has 0 heterocycles. The summed E-state index contributed by atoms with van der Waals surface area (Å²) in [5.41, 5.74) is 0. The topological polar surface area (TPSA) is 14.1 Å². The van der Waals surface area contributed by atoms with E-state index in [4.69, 9.17) is 0 Å². The van der Waals surface area contributed by atoms with Crippen LogP contribution in [0.1, 0.15) is 65.2 Å². The highest BCUT2D eigenvalue weighted by atomic mass is 14.9. The lowest BCUT2D eigenvalue weighted by Crippen LogP contribution is -2.05. The van der Waals surface area contributed by atoms with Gasteiger partial charge in [0.05, 0.1) is 0 Å². The Balaban J connectivity index is 3.28. The second-order valence-corrected chi connectivity index (χ2v) is 3.90. The molecule has 0 saturated heterocycles. The lowest BCUT2D eigenvalue weighted by molar-refractivity contribution is 0.536. The fourth-order valence-electron chi connectivity index (χ4n) is 1.66. The zero-order valence-electron chi connectivity index (χ0n) is 9.68. The van der Waals surface area contributed by atoms with Crippen molar-refractivity contribution in [1.29, 1.82) is 0 Å². The Kier molecular flexibility index (Phi) is 10.0. The third kappa shape index (κ3) is 8.29. The van der Waals surface area contributed by atoms with Crippen LogP contribution in [0.5, 0.6) is 0 Å². The van der Waals surface area contributed by atoms with Crippen molar-refractivity contribution in [3.8, 4) is 0 Å². The Bertz CT molecular complexity index is 81.1. The molecule has 0 N–H and O–H groups in total. The van der Waals surface area contributed by atoms with Crippen LogP contribution in [0.25, 0.3) is 5.32 Å². The molecule has 0 aromatic rings. The molecule has 0 aromatic heterocycles. The molecule has 0 rings (SSSR count). The lowest BCUT2D eigenvalue weighted by Gasteiger charge is -2.27. The highest BCUT2D eigenvalue weighted by molar-refractivity contribution is 4.85. The van der Waals surface area contributed by atoms with Crippen LogP contribution in [0.2, 0.25) is 0 Å². The van der Waals surface area contributed by atoms with Gasteiger partial charge in [-0.05, 0) is 0 Å². The molecule has 0 bridgehead atoms. The molecule has 0 unspecified atom stereocenters. The van der Waals surface area contributed by atoms with Gasteiger partial charge in [-0.1, -0.05) is 65.2 Å². The number of nitrogens with zero attached hydrogens (tertiary/aromatic N) is 1. The quantitative estimate of drug-likeness (QED) is 0.468. The predicted molar refractivity (Wildman–Crippen MR) is 61.4 cm³/mol. The van der Waals surface area contributed by atoms with Gasteiger partial charge in [-0.15, -0.1) is 6.04 Å². The van der Waals surface area contributed by atoms with E-state index in [-0.39, 0.29) is 0 Å². The van der Waals surface area contributed by atoms with Gasteiger partial charge >= 0.3 is 0 Å². The number of hydrogen-bond donors (Lipinski definition) is 0. The van der Waals surface area contributed by atoms with Crippen molar-refractivity contribution in [3.05, 3.63) is 5.32 Å². The molecule has 0 amide bonds. The SMILES string of the molecule is CCCCCC(CCCCC)[N-]C. The molecule has 0 fully saturated rings. The molecule has 1 heteroatoms. The van der Waals surface area contributed by atoms with E-state index in [1.54, 1.807) is 0 Å². The van der Waals surface area contributed by atoms with E-state index in [9.17, 15) is 0 Å². The van der Waals surface area contributed by atoms with Gasteiger partial charge in [0.15, 0.2) is 0 Å². The summed E-state index contributed by atoms with van der Waals surface area (Å²) in [6, 6.07) is 0.651. The highest BCUT2D eigenvalue weighted by Crippen LogP contribution is 2.16. The third-order valence-corrected chi connectivity index (χ3v) is 2.65. The average Bonchev–Trinajstić information content (AvgIpc) is 2.16. The molecule has 0 radical (unpaired) electrons.